The van der Waals surface area contributed by atoms with E-state index < -0.39 is 15.9 Å². The monoisotopic (exact) mass is 517 g/mol. The molecule has 1 aliphatic heterocycles. The van der Waals surface area contributed by atoms with Crippen LogP contribution in [0.4, 0.5) is 0 Å². The third kappa shape index (κ3) is 5.66. The number of aryl methyl sites for hydroxylation is 1. The lowest BCUT2D eigenvalue weighted by Crippen LogP contribution is -2.42. The van der Waals surface area contributed by atoms with Crippen molar-refractivity contribution in [1.29, 1.82) is 0 Å². The van der Waals surface area contributed by atoms with Gasteiger partial charge in [-0.2, -0.15) is 9.30 Å². The molecule has 1 saturated heterocycles. The van der Waals surface area contributed by atoms with Crippen molar-refractivity contribution >= 4 is 37.5 Å². The molecule has 0 aliphatic carbocycles. The Kier molecular flexibility index (Phi) is 8.05. The fraction of sp³-hybridized carbons (Fsp3) is 0.440. The highest BCUT2D eigenvalue weighted by molar-refractivity contribution is 7.89. The molecule has 1 fully saturated rings. The van der Waals surface area contributed by atoms with Crippen LogP contribution in [0.15, 0.2) is 52.4 Å². The quantitative estimate of drug-likeness (QED) is 0.426. The largest absolute Gasteiger partial charge is 0.497 e. The maximum atomic E-state index is 13.3. The van der Waals surface area contributed by atoms with E-state index in [0.717, 1.165) is 21.5 Å². The molecule has 0 bridgehead atoms. The summed E-state index contributed by atoms with van der Waals surface area (Å²) in [6.45, 7) is 6.06. The molecule has 0 N–H and O–H groups in total. The normalized spacial score (nSPS) is 17.7. The summed E-state index contributed by atoms with van der Waals surface area (Å²) in [7, 11) is -2.05. The van der Waals surface area contributed by atoms with E-state index in [-0.39, 0.29) is 17.3 Å². The van der Waals surface area contributed by atoms with Gasteiger partial charge in [0, 0.05) is 26.2 Å². The molecule has 35 heavy (non-hydrogen) atoms. The van der Waals surface area contributed by atoms with Gasteiger partial charge in [0.2, 0.25) is 10.0 Å². The molecule has 10 heteroatoms. The molecule has 2 aromatic carbocycles. The van der Waals surface area contributed by atoms with Crippen LogP contribution in [-0.2, 0) is 26.1 Å². The Balaban J connectivity index is 1.61. The maximum Gasteiger partial charge on any atom is 0.252 e. The number of methoxy groups -OCH3 is 1. The van der Waals surface area contributed by atoms with E-state index in [9.17, 15) is 13.2 Å². The predicted octanol–water partition coefficient (Wildman–Crippen LogP) is 3.58. The number of amides is 1. The lowest BCUT2D eigenvalue weighted by Gasteiger charge is -2.30. The van der Waals surface area contributed by atoms with Crippen LogP contribution in [0.2, 0.25) is 0 Å². The molecule has 0 radical (unpaired) electrons. The van der Waals surface area contributed by atoms with Crippen LogP contribution >= 0.6 is 11.3 Å². The van der Waals surface area contributed by atoms with Gasteiger partial charge in [0.1, 0.15) is 5.75 Å². The first-order valence-corrected chi connectivity index (χ1v) is 14.0. The van der Waals surface area contributed by atoms with Crippen molar-refractivity contribution in [2.24, 2.45) is 10.9 Å². The first-order chi connectivity index (χ1) is 16.8. The summed E-state index contributed by atoms with van der Waals surface area (Å²) in [6.07, 6.45) is 1.23. The van der Waals surface area contributed by atoms with Crippen LogP contribution in [0.1, 0.15) is 25.3 Å². The maximum absolute atomic E-state index is 13.3. The number of piperidine rings is 1. The first kappa shape index (κ1) is 25.6. The number of sulfonamides is 1. The van der Waals surface area contributed by atoms with E-state index in [4.69, 9.17) is 9.47 Å². The number of aromatic nitrogens is 1. The van der Waals surface area contributed by atoms with Gasteiger partial charge in [0.15, 0.2) is 4.80 Å². The topological polar surface area (TPSA) is 90.2 Å². The Bertz CT molecular complexity index is 1360. The molecule has 1 atom stereocenters. The van der Waals surface area contributed by atoms with Gasteiger partial charge in [-0.05, 0) is 57.0 Å². The second kappa shape index (κ2) is 11.0. The van der Waals surface area contributed by atoms with E-state index in [1.807, 2.05) is 36.6 Å². The molecular formula is C25H31N3O5S2. The number of nitrogens with zero attached hydrogens (tertiary/aromatic N) is 3. The summed E-state index contributed by atoms with van der Waals surface area (Å²) in [6, 6.07) is 12.6. The van der Waals surface area contributed by atoms with Crippen molar-refractivity contribution in [1.82, 2.24) is 8.87 Å². The molecule has 0 saturated carbocycles. The van der Waals surface area contributed by atoms with Gasteiger partial charge in [-0.3, -0.25) is 4.79 Å². The summed E-state index contributed by atoms with van der Waals surface area (Å²) in [5.74, 6) is -0.0422. The molecule has 3 aromatic rings. The fourth-order valence-corrected chi connectivity index (χ4v) is 6.80. The number of rotatable bonds is 8. The smallest absolute Gasteiger partial charge is 0.252 e. The SMILES string of the molecule is CCOCCn1c(=NC(=O)C2CCCN(S(=O)(=O)c3ccc(C)cc3)C2)sc2cc(OC)ccc21. The number of fused-ring (bicyclic) bond motifs is 1. The highest BCUT2D eigenvalue weighted by Crippen LogP contribution is 2.26. The molecule has 2 heterocycles. The Morgan fingerprint density at radius 2 is 1.97 bits per heavy atom. The first-order valence-electron chi connectivity index (χ1n) is 11.7. The zero-order chi connectivity index (χ0) is 25.0. The Labute approximate surface area is 209 Å². The lowest BCUT2D eigenvalue weighted by molar-refractivity contribution is -0.122. The standard InChI is InChI=1S/C25H31N3O5S2/c1-4-33-15-14-28-22-12-9-20(32-3)16-23(22)34-25(28)26-24(29)19-6-5-13-27(17-19)35(30,31)21-10-7-18(2)8-11-21/h7-12,16,19H,4-6,13-15,17H2,1-3H3. The molecule has 1 amide bonds. The summed E-state index contributed by atoms with van der Waals surface area (Å²) >= 11 is 1.42. The van der Waals surface area contributed by atoms with E-state index >= 15 is 0 Å². The number of hydrogen-bond donors (Lipinski definition) is 0. The van der Waals surface area contributed by atoms with Gasteiger partial charge in [0.25, 0.3) is 5.91 Å². The van der Waals surface area contributed by atoms with Gasteiger partial charge >= 0.3 is 0 Å². The Morgan fingerprint density at radius 1 is 1.20 bits per heavy atom. The number of carbonyl (C=O) groups excluding carboxylic acids is 1. The van der Waals surface area contributed by atoms with E-state index in [1.165, 1.54) is 15.6 Å². The van der Waals surface area contributed by atoms with Crippen molar-refractivity contribution in [3.8, 4) is 5.75 Å². The summed E-state index contributed by atoms with van der Waals surface area (Å²) in [5, 5.41) is 0. The molecular weight excluding hydrogens is 486 g/mol. The minimum Gasteiger partial charge on any atom is -0.497 e. The minimum absolute atomic E-state index is 0.135. The summed E-state index contributed by atoms with van der Waals surface area (Å²) in [5.41, 5.74) is 1.95. The molecule has 0 spiro atoms. The average molecular weight is 518 g/mol. The number of thiazole rings is 1. The number of hydrogen-bond acceptors (Lipinski definition) is 6. The van der Waals surface area contributed by atoms with Gasteiger partial charge in [-0.15, -0.1) is 0 Å². The number of benzene rings is 2. The van der Waals surface area contributed by atoms with E-state index in [0.29, 0.717) is 43.9 Å². The van der Waals surface area contributed by atoms with Crippen LogP contribution in [0.25, 0.3) is 10.2 Å². The minimum atomic E-state index is -3.66. The molecule has 4 rings (SSSR count). The molecule has 8 nitrogen and oxygen atoms in total. The van der Waals surface area contributed by atoms with E-state index in [2.05, 4.69) is 4.99 Å². The fourth-order valence-electron chi connectivity index (χ4n) is 4.19. The van der Waals surface area contributed by atoms with Crippen molar-refractivity contribution in [3.05, 3.63) is 52.8 Å². The number of ether oxygens (including phenoxy) is 2. The van der Waals surface area contributed by atoms with Gasteiger partial charge < -0.3 is 14.0 Å². The van der Waals surface area contributed by atoms with Gasteiger partial charge in [0.05, 0.1) is 34.7 Å². The zero-order valence-electron chi connectivity index (χ0n) is 20.3. The third-order valence-electron chi connectivity index (χ3n) is 6.15. The predicted molar refractivity (Wildman–Crippen MR) is 136 cm³/mol. The van der Waals surface area contributed by atoms with Gasteiger partial charge in [-0.1, -0.05) is 29.0 Å². The van der Waals surface area contributed by atoms with Crippen LogP contribution in [0.3, 0.4) is 0 Å². The second-order valence-corrected chi connectivity index (χ2v) is 11.5. The molecule has 188 valence electrons. The lowest BCUT2D eigenvalue weighted by atomic mass is 9.99. The molecule has 1 unspecified atom stereocenters. The Hall–Kier alpha value is -2.53. The van der Waals surface area contributed by atoms with Crippen LogP contribution in [0.5, 0.6) is 5.75 Å². The van der Waals surface area contributed by atoms with Crippen molar-refractivity contribution in [2.75, 3.05) is 33.4 Å². The van der Waals surface area contributed by atoms with Crippen LogP contribution < -0.4 is 9.54 Å². The summed E-state index contributed by atoms with van der Waals surface area (Å²) in [4.78, 5) is 18.6. The number of carbonyl (C=O) groups is 1. The Morgan fingerprint density at radius 3 is 2.69 bits per heavy atom. The van der Waals surface area contributed by atoms with Crippen molar-refractivity contribution in [3.63, 3.8) is 0 Å². The van der Waals surface area contributed by atoms with Crippen molar-refractivity contribution < 1.29 is 22.7 Å². The van der Waals surface area contributed by atoms with Crippen molar-refractivity contribution in [2.45, 2.75) is 38.1 Å². The second-order valence-electron chi connectivity index (χ2n) is 8.53. The summed E-state index contributed by atoms with van der Waals surface area (Å²) < 4.78 is 41.6. The molecule has 1 aliphatic rings. The average Bonchev–Trinajstić information content (AvgIpc) is 3.20. The molecule has 1 aromatic heterocycles. The van der Waals surface area contributed by atoms with E-state index in [1.54, 1.807) is 31.4 Å². The van der Waals surface area contributed by atoms with Crippen LogP contribution in [-0.4, -0.2) is 56.6 Å². The zero-order valence-corrected chi connectivity index (χ0v) is 21.9. The highest BCUT2D eigenvalue weighted by Gasteiger charge is 2.33. The van der Waals surface area contributed by atoms with Gasteiger partial charge in [-0.25, -0.2) is 8.42 Å². The highest BCUT2D eigenvalue weighted by atomic mass is 32.2. The van der Waals surface area contributed by atoms with Crippen LogP contribution in [0, 0.1) is 12.8 Å². The third-order valence-corrected chi connectivity index (χ3v) is 9.07.